The number of benzene rings is 1. The standard InChI is InChI=1S/C24H29N7O2.C2HF3O2/c1-16(11-21-29-27-15-30(21)3)17-5-4-6-19(12-17)28-22(32)20-13-18(7-9-26-20)23(33)31-10-8-24(2,25)14-31;3-2(4,5)1(6)7/h4-7,9,12-13,15-16H,8,10-11,14,25H2,1-3H3,(H,28,32);(H,6,7). The largest absolute Gasteiger partial charge is 0.490 e. The highest BCUT2D eigenvalue weighted by Crippen LogP contribution is 2.23. The van der Waals surface area contributed by atoms with Gasteiger partial charge in [0.2, 0.25) is 0 Å². The molecule has 1 saturated heterocycles. The van der Waals surface area contributed by atoms with Crippen molar-refractivity contribution in [1.29, 1.82) is 0 Å². The maximum atomic E-state index is 12.9. The maximum Gasteiger partial charge on any atom is 0.490 e. The second kappa shape index (κ2) is 12.2. The van der Waals surface area contributed by atoms with E-state index in [1.54, 1.807) is 17.3 Å². The number of aliphatic carboxylic acids is 1. The quantitative estimate of drug-likeness (QED) is 0.415. The van der Waals surface area contributed by atoms with Crippen LogP contribution in [0.2, 0.25) is 0 Å². The zero-order valence-electron chi connectivity index (χ0n) is 22.1. The van der Waals surface area contributed by atoms with Crippen molar-refractivity contribution in [3.05, 3.63) is 71.6 Å². The van der Waals surface area contributed by atoms with E-state index in [4.69, 9.17) is 15.6 Å². The van der Waals surface area contributed by atoms with Crippen LogP contribution in [0.3, 0.4) is 0 Å². The van der Waals surface area contributed by atoms with Crippen molar-refractivity contribution in [2.75, 3.05) is 18.4 Å². The Labute approximate surface area is 228 Å². The van der Waals surface area contributed by atoms with Gasteiger partial charge in [0, 0.05) is 49.5 Å². The molecule has 1 fully saturated rings. The number of hydrogen-bond donors (Lipinski definition) is 3. The zero-order chi connectivity index (χ0) is 29.7. The van der Waals surface area contributed by atoms with Crippen LogP contribution in [0.5, 0.6) is 0 Å². The highest BCUT2D eigenvalue weighted by Gasteiger charge is 2.38. The smallest absolute Gasteiger partial charge is 0.475 e. The summed E-state index contributed by atoms with van der Waals surface area (Å²) < 4.78 is 33.6. The number of carboxylic acids is 1. The van der Waals surface area contributed by atoms with Crippen molar-refractivity contribution < 1.29 is 32.7 Å². The molecule has 0 saturated carbocycles. The van der Waals surface area contributed by atoms with E-state index in [2.05, 4.69) is 27.4 Å². The van der Waals surface area contributed by atoms with Gasteiger partial charge in [-0.15, -0.1) is 10.2 Å². The molecule has 0 aliphatic carbocycles. The van der Waals surface area contributed by atoms with Gasteiger partial charge in [0.25, 0.3) is 11.8 Å². The molecule has 2 amide bonds. The predicted octanol–water partition coefficient (Wildman–Crippen LogP) is 3.01. The number of anilines is 1. The number of likely N-dealkylation sites (tertiary alicyclic amines) is 1. The minimum absolute atomic E-state index is 0.139. The Bertz CT molecular complexity index is 1370. The van der Waals surface area contributed by atoms with Crippen molar-refractivity contribution in [1.82, 2.24) is 24.6 Å². The summed E-state index contributed by atoms with van der Waals surface area (Å²) in [5.74, 6) is -2.17. The SMILES string of the molecule is CC(Cc1nncn1C)c1cccc(NC(=O)c2cc(C(=O)N3CCC(C)(N)C3)ccn2)c1.O=C(O)C(F)(F)F. The normalized spacial score (nSPS) is 17.5. The summed E-state index contributed by atoms with van der Waals surface area (Å²) in [5, 5.41) is 18.1. The second-order valence-corrected chi connectivity index (χ2v) is 9.91. The molecule has 1 aliphatic heterocycles. The molecule has 40 heavy (non-hydrogen) atoms. The molecule has 1 aliphatic rings. The fraction of sp³-hybridized carbons (Fsp3) is 0.385. The van der Waals surface area contributed by atoms with E-state index in [0.29, 0.717) is 24.3 Å². The molecule has 14 heteroatoms. The van der Waals surface area contributed by atoms with E-state index >= 15 is 0 Å². The number of nitrogens with zero attached hydrogens (tertiary/aromatic N) is 5. The topological polar surface area (TPSA) is 156 Å². The number of nitrogens with two attached hydrogens (primary N) is 1. The third-order valence-corrected chi connectivity index (χ3v) is 6.28. The highest BCUT2D eigenvalue weighted by molar-refractivity contribution is 6.04. The number of nitrogens with one attached hydrogen (secondary N) is 1. The van der Waals surface area contributed by atoms with Gasteiger partial charge in [0.05, 0.1) is 0 Å². The van der Waals surface area contributed by atoms with Gasteiger partial charge < -0.3 is 25.6 Å². The first-order valence-electron chi connectivity index (χ1n) is 12.2. The molecular weight excluding hydrogens is 531 g/mol. The number of rotatable bonds is 6. The molecule has 4 rings (SSSR count). The van der Waals surface area contributed by atoms with Gasteiger partial charge in [-0.05, 0) is 49.1 Å². The summed E-state index contributed by atoms with van der Waals surface area (Å²) in [7, 11) is 1.92. The molecule has 3 heterocycles. The molecule has 214 valence electrons. The van der Waals surface area contributed by atoms with Gasteiger partial charge in [0.1, 0.15) is 17.8 Å². The Morgan fingerprint density at radius 2 is 1.93 bits per heavy atom. The van der Waals surface area contributed by atoms with Crippen LogP contribution in [-0.2, 0) is 18.3 Å². The molecule has 3 aromatic rings. The Morgan fingerprint density at radius 3 is 2.50 bits per heavy atom. The molecule has 2 atom stereocenters. The molecule has 0 bridgehead atoms. The van der Waals surface area contributed by atoms with Crippen LogP contribution >= 0.6 is 0 Å². The number of aryl methyl sites for hydroxylation is 1. The van der Waals surface area contributed by atoms with Crippen molar-refractivity contribution in [2.45, 2.75) is 44.3 Å². The van der Waals surface area contributed by atoms with E-state index in [0.717, 1.165) is 24.2 Å². The summed E-state index contributed by atoms with van der Waals surface area (Å²) >= 11 is 0. The summed E-state index contributed by atoms with van der Waals surface area (Å²) in [6.07, 6.45) is -0.428. The van der Waals surface area contributed by atoms with Crippen LogP contribution in [0.4, 0.5) is 18.9 Å². The number of aromatic nitrogens is 4. The Morgan fingerprint density at radius 1 is 1.23 bits per heavy atom. The number of pyridine rings is 1. The van der Waals surface area contributed by atoms with Gasteiger partial charge in [0.15, 0.2) is 0 Å². The summed E-state index contributed by atoms with van der Waals surface area (Å²) in [4.78, 5) is 40.5. The molecule has 1 aromatic carbocycles. The van der Waals surface area contributed by atoms with Gasteiger partial charge in [-0.25, -0.2) is 4.79 Å². The van der Waals surface area contributed by atoms with E-state index < -0.39 is 12.1 Å². The maximum absolute atomic E-state index is 12.9. The monoisotopic (exact) mass is 561 g/mol. The fourth-order valence-electron chi connectivity index (χ4n) is 4.03. The number of hydrogen-bond acceptors (Lipinski definition) is 7. The molecule has 11 nitrogen and oxygen atoms in total. The Hall–Kier alpha value is -4.33. The van der Waals surface area contributed by atoms with E-state index in [-0.39, 0.29) is 29.0 Å². The third kappa shape index (κ3) is 8.09. The lowest BCUT2D eigenvalue weighted by atomic mass is 9.97. The number of alkyl halides is 3. The minimum atomic E-state index is -5.08. The van der Waals surface area contributed by atoms with Crippen LogP contribution in [-0.4, -0.2) is 72.3 Å². The molecule has 2 aromatic heterocycles. The predicted molar refractivity (Wildman–Crippen MR) is 139 cm³/mol. The average molecular weight is 562 g/mol. The van der Waals surface area contributed by atoms with Crippen LogP contribution in [0, 0.1) is 0 Å². The van der Waals surface area contributed by atoms with Gasteiger partial charge in [-0.2, -0.15) is 13.2 Å². The number of carbonyl (C=O) groups excluding carboxylic acids is 2. The number of amides is 2. The van der Waals surface area contributed by atoms with Crippen LogP contribution in [0.15, 0.2) is 48.9 Å². The average Bonchev–Trinajstić information content (AvgIpc) is 3.47. The van der Waals surface area contributed by atoms with E-state index in [1.807, 2.05) is 42.8 Å². The molecule has 4 N–H and O–H groups in total. The molecular formula is C26H30F3N7O4. The van der Waals surface area contributed by atoms with Crippen LogP contribution < -0.4 is 11.1 Å². The number of carbonyl (C=O) groups is 3. The molecule has 2 unspecified atom stereocenters. The third-order valence-electron chi connectivity index (χ3n) is 6.28. The van der Waals surface area contributed by atoms with Crippen LogP contribution in [0.1, 0.15) is 58.4 Å². The summed E-state index contributed by atoms with van der Waals surface area (Å²) in [6, 6.07) is 10.9. The van der Waals surface area contributed by atoms with Crippen molar-refractivity contribution in [3.8, 4) is 0 Å². The Kier molecular flexibility index (Phi) is 9.24. The van der Waals surface area contributed by atoms with E-state index in [1.165, 1.54) is 12.3 Å². The van der Waals surface area contributed by atoms with Crippen molar-refractivity contribution in [3.63, 3.8) is 0 Å². The van der Waals surface area contributed by atoms with E-state index in [9.17, 15) is 22.8 Å². The van der Waals surface area contributed by atoms with Crippen molar-refractivity contribution >= 4 is 23.5 Å². The van der Waals surface area contributed by atoms with Gasteiger partial charge in [-0.3, -0.25) is 14.6 Å². The van der Waals surface area contributed by atoms with Crippen LogP contribution in [0.25, 0.3) is 0 Å². The lowest BCUT2D eigenvalue weighted by Gasteiger charge is -2.20. The highest BCUT2D eigenvalue weighted by atomic mass is 19.4. The first-order valence-corrected chi connectivity index (χ1v) is 12.2. The molecule has 0 spiro atoms. The number of carboxylic acid groups (broad SMARTS) is 1. The number of halogens is 3. The zero-order valence-corrected chi connectivity index (χ0v) is 22.1. The Balaban J connectivity index is 0.000000559. The fourth-order valence-corrected chi connectivity index (χ4v) is 4.03. The minimum Gasteiger partial charge on any atom is -0.475 e. The lowest BCUT2D eigenvalue weighted by Crippen LogP contribution is -2.40. The van der Waals surface area contributed by atoms with Gasteiger partial charge in [-0.1, -0.05) is 19.1 Å². The van der Waals surface area contributed by atoms with Crippen molar-refractivity contribution in [2.24, 2.45) is 12.8 Å². The lowest BCUT2D eigenvalue weighted by molar-refractivity contribution is -0.192. The summed E-state index contributed by atoms with van der Waals surface area (Å²) in [5.41, 5.74) is 8.13. The van der Waals surface area contributed by atoms with Gasteiger partial charge >= 0.3 is 12.1 Å². The second-order valence-electron chi connectivity index (χ2n) is 9.91. The molecule has 0 radical (unpaired) electrons. The first-order chi connectivity index (χ1) is 18.7. The summed E-state index contributed by atoms with van der Waals surface area (Å²) in [6.45, 7) is 5.15. The first kappa shape index (κ1) is 30.2.